The smallest absolute Gasteiger partial charge is 0.0590 e. The van der Waals surface area contributed by atoms with E-state index in [0.29, 0.717) is 0 Å². The van der Waals surface area contributed by atoms with Crippen LogP contribution in [-0.2, 0) is 4.74 Å². The largest absolute Gasteiger partial charge is 0.380 e. The molecule has 78 valence electrons. The van der Waals surface area contributed by atoms with Crippen LogP contribution >= 0.6 is 0 Å². The maximum absolute atomic E-state index is 5.24. The van der Waals surface area contributed by atoms with Crippen molar-refractivity contribution < 1.29 is 4.74 Å². The quantitative estimate of drug-likeness (QED) is 0.701. The third kappa shape index (κ3) is 3.85. The molecule has 1 aromatic heterocycles. The van der Waals surface area contributed by atoms with E-state index in [1.54, 1.807) is 0 Å². The monoisotopic (exact) mass is 194 g/mol. The molecule has 1 heterocycles. The summed E-state index contributed by atoms with van der Waals surface area (Å²) in [6.45, 7) is 6.51. The molecule has 1 atom stereocenters. The van der Waals surface area contributed by atoms with Gasteiger partial charge in [-0.25, -0.2) is 0 Å². The van der Waals surface area contributed by atoms with Crippen LogP contribution in [-0.4, -0.2) is 24.7 Å². The molecule has 0 spiro atoms. The van der Waals surface area contributed by atoms with Gasteiger partial charge in [0, 0.05) is 25.4 Å². The molecule has 0 aliphatic carbocycles. The van der Waals surface area contributed by atoms with E-state index in [1.165, 1.54) is 0 Å². The van der Waals surface area contributed by atoms with E-state index in [2.05, 4.69) is 17.2 Å². The number of hydrogen-bond acceptors (Lipinski definition) is 3. The Balaban J connectivity index is 2.25. The summed E-state index contributed by atoms with van der Waals surface area (Å²) in [5, 5.41) is 3.35. The Morgan fingerprint density at radius 2 is 2.36 bits per heavy atom. The first kappa shape index (κ1) is 11.1. The SMILES string of the molecule is CCOCCNC(C)c1ccccn1. The zero-order valence-corrected chi connectivity index (χ0v) is 8.86. The molecule has 1 unspecified atom stereocenters. The van der Waals surface area contributed by atoms with E-state index < -0.39 is 0 Å². The fraction of sp³-hybridized carbons (Fsp3) is 0.545. The van der Waals surface area contributed by atoms with Crippen LogP contribution in [0.15, 0.2) is 24.4 Å². The van der Waals surface area contributed by atoms with Crippen LogP contribution in [0, 0.1) is 0 Å². The number of nitrogens with one attached hydrogen (secondary N) is 1. The van der Waals surface area contributed by atoms with Gasteiger partial charge in [-0.3, -0.25) is 4.98 Å². The average Bonchev–Trinajstić information content (AvgIpc) is 2.25. The summed E-state index contributed by atoms with van der Waals surface area (Å²) in [6, 6.07) is 6.24. The summed E-state index contributed by atoms with van der Waals surface area (Å²) >= 11 is 0. The zero-order valence-electron chi connectivity index (χ0n) is 8.86. The number of aromatic nitrogens is 1. The van der Waals surface area contributed by atoms with Gasteiger partial charge in [0.15, 0.2) is 0 Å². The molecule has 0 aromatic carbocycles. The lowest BCUT2D eigenvalue weighted by Crippen LogP contribution is -2.23. The van der Waals surface area contributed by atoms with Crippen molar-refractivity contribution in [1.82, 2.24) is 10.3 Å². The van der Waals surface area contributed by atoms with Crippen molar-refractivity contribution in [2.24, 2.45) is 0 Å². The average molecular weight is 194 g/mol. The van der Waals surface area contributed by atoms with Crippen LogP contribution in [0.4, 0.5) is 0 Å². The van der Waals surface area contributed by atoms with Crippen LogP contribution in [0.3, 0.4) is 0 Å². The maximum Gasteiger partial charge on any atom is 0.0590 e. The third-order valence-electron chi connectivity index (χ3n) is 2.03. The first-order valence-corrected chi connectivity index (χ1v) is 5.06. The minimum absolute atomic E-state index is 0.289. The topological polar surface area (TPSA) is 34.1 Å². The number of ether oxygens (including phenoxy) is 1. The molecule has 0 aliphatic heterocycles. The van der Waals surface area contributed by atoms with Gasteiger partial charge in [0.05, 0.1) is 12.3 Å². The van der Waals surface area contributed by atoms with Crippen molar-refractivity contribution >= 4 is 0 Å². The fourth-order valence-corrected chi connectivity index (χ4v) is 1.23. The van der Waals surface area contributed by atoms with Crippen LogP contribution in [0.25, 0.3) is 0 Å². The molecule has 0 amide bonds. The van der Waals surface area contributed by atoms with Crippen molar-refractivity contribution in [3.8, 4) is 0 Å². The predicted molar refractivity (Wildman–Crippen MR) is 57.1 cm³/mol. The van der Waals surface area contributed by atoms with Gasteiger partial charge in [-0.2, -0.15) is 0 Å². The number of hydrogen-bond donors (Lipinski definition) is 1. The molecule has 0 aliphatic rings. The van der Waals surface area contributed by atoms with Gasteiger partial charge >= 0.3 is 0 Å². The fourth-order valence-electron chi connectivity index (χ4n) is 1.23. The Morgan fingerprint density at radius 1 is 1.50 bits per heavy atom. The first-order valence-electron chi connectivity index (χ1n) is 5.06. The Kier molecular flexibility index (Phi) is 5.19. The van der Waals surface area contributed by atoms with Crippen molar-refractivity contribution in [3.63, 3.8) is 0 Å². The molecule has 3 heteroatoms. The molecule has 1 rings (SSSR count). The highest BCUT2D eigenvalue weighted by atomic mass is 16.5. The summed E-state index contributed by atoms with van der Waals surface area (Å²) in [7, 11) is 0. The van der Waals surface area contributed by atoms with Crippen LogP contribution in [0.5, 0.6) is 0 Å². The standard InChI is InChI=1S/C11H18N2O/c1-3-14-9-8-12-10(2)11-6-4-5-7-13-11/h4-7,10,12H,3,8-9H2,1-2H3. The summed E-state index contributed by atoms with van der Waals surface area (Å²) in [5.74, 6) is 0. The zero-order chi connectivity index (χ0) is 10.2. The summed E-state index contributed by atoms with van der Waals surface area (Å²) in [4.78, 5) is 4.27. The molecule has 1 aromatic rings. The van der Waals surface area contributed by atoms with E-state index in [1.807, 2.05) is 31.3 Å². The normalized spacial score (nSPS) is 12.7. The molecule has 14 heavy (non-hydrogen) atoms. The van der Waals surface area contributed by atoms with Crippen molar-refractivity contribution in [2.45, 2.75) is 19.9 Å². The molecular formula is C11H18N2O. The van der Waals surface area contributed by atoms with Gasteiger partial charge in [-0.15, -0.1) is 0 Å². The second-order valence-corrected chi connectivity index (χ2v) is 3.13. The van der Waals surface area contributed by atoms with E-state index in [-0.39, 0.29) is 6.04 Å². The highest BCUT2D eigenvalue weighted by molar-refractivity contribution is 5.07. The van der Waals surface area contributed by atoms with Crippen molar-refractivity contribution in [1.29, 1.82) is 0 Å². The van der Waals surface area contributed by atoms with Gasteiger partial charge in [-0.05, 0) is 26.0 Å². The lowest BCUT2D eigenvalue weighted by atomic mass is 10.2. The summed E-state index contributed by atoms with van der Waals surface area (Å²) in [5.41, 5.74) is 1.07. The molecule has 3 nitrogen and oxygen atoms in total. The minimum Gasteiger partial charge on any atom is -0.380 e. The molecule has 0 saturated heterocycles. The Hall–Kier alpha value is -0.930. The molecular weight excluding hydrogens is 176 g/mol. The number of rotatable bonds is 6. The minimum atomic E-state index is 0.289. The molecule has 0 saturated carbocycles. The highest BCUT2D eigenvalue weighted by Crippen LogP contribution is 2.06. The molecule has 0 radical (unpaired) electrons. The van der Waals surface area contributed by atoms with Crippen LogP contribution in [0.2, 0.25) is 0 Å². The van der Waals surface area contributed by atoms with Gasteiger partial charge in [-0.1, -0.05) is 6.07 Å². The Labute approximate surface area is 85.5 Å². The summed E-state index contributed by atoms with van der Waals surface area (Å²) in [6.07, 6.45) is 1.82. The van der Waals surface area contributed by atoms with Gasteiger partial charge < -0.3 is 10.1 Å². The Bertz CT molecular complexity index is 238. The third-order valence-corrected chi connectivity index (χ3v) is 2.03. The Morgan fingerprint density at radius 3 is 3.00 bits per heavy atom. The second-order valence-electron chi connectivity index (χ2n) is 3.13. The second kappa shape index (κ2) is 6.51. The first-order chi connectivity index (χ1) is 6.84. The lowest BCUT2D eigenvalue weighted by Gasteiger charge is -2.12. The number of nitrogens with zero attached hydrogens (tertiary/aromatic N) is 1. The predicted octanol–water partition coefficient (Wildman–Crippen LogP) is 1.77. The van der Waals surface area contributed by atoms with Gasteiger partial charge in [0.1, 0.15) is 0 Å². The van der Waals surface area contributed by atoms with Crippen LogP contribution < -0.4 is 5.32 Å². The summed E-state index contributed by atoms with van der Waals surface area (Å²) < 4.78 is 5.24. The van der Waals surface area contributed by atoms with E-state index >= 15 is 0 Å². The van der Waals surface area contributed by atoms with E-state index in [0.717, 1.165) is 25.5 Å². The van der Waals surface area contributed by atoms with E-state index in [9.17, 15) is 0 Å². The van der Waals surface area contributed by atoms with Crippen molar-refractivity contribution in [3.05, 3.63) is 30.1 Å². The highest BCUT2D eigenvalue weighted by Gasteiger charge is 2.03. The van der Waals surface area contributed by atoms with Crippen molar-refractivity contribution in [2.75, 3.05) is 19.8 Å². The lowest BCUT2D eigenvalue weighted by molar-refractivity contribution is 0.147. The molecule has 0 bridgehead atoms. The van der Waals surface area contributed by atoms with E-state index in [4.69, 9.17) is 4.74 Å². The van der Waals surface area contributed by atoms with Gasteiger partial charge in [0.2, 0.25) is 0 Å². The molecule has 0 fully saturated rings. The molecule has 1 N–H and O–H groups in total. The number of pyridine rings is 1. The van der Waals surface area contributed by atoms with Gasteiger partial charge in [0.25, 0.3) is 0 Å². The maximum atomic E-state index is 5.24. The van der Waals surface area contributed by atoms with Crippen LogP contribution in [0.1, 0.15) is 25.6 Å².